The Morgan fingerprint density at radius 3 is 2.19 bits per heavy atom. The van der Waals surface area contributed by atoms with E-state index in [1.807, 2.05) is 27.7 Å². The second-order valence-corrected chi connectivity index (χ2v) is 3.63. The largest absolute Gasteiger partial charge is 0.466 e. The second kappa shape index (κ2) is 8.53. The zero-order chi connectivity index (χ0) is 12.6. The van der Waals surface area contributed by atoms with Crippen molar-refractivity contribution in [2.45, 2.75) is 53.4 Å². The fourth-order valence-corrected chi connectivity index (χ4v) is 1.61. The molecule has 0 aromatic heterocycles. The predicted molar refractivity (Wildman–Crippen MR) is 62.0 cm³/mol. The summed E-state index contributed by atoms with van der Waals surface area (Å²) in [4.78, 5) is 11.6. The van der Waals surface area contributed by atoms with E-state index < -0.39 is 0 Å². The fourth-order valence-electron chi connectivity index (χ4n) is 1.61. The van der Waals surface area contributed by atoms with Gasteiger partial charge in [0, 0.05) is 6.61 Å². The second-order valence-electron chi connectivity index (χ2n) is 3.63. The highest BCUT2D eigenvalue weighted by molar-refractivity contribution is 5.72. The van der Waals surface area contributed by atoms with E-state index in [1.165, 1.54) is 0 Å². The average molecular weight is 232 g/mol. The Kier molecular flexibility index (Phi) is 8.21. The van der Waals surface area contributed by atoms with E-state index in [9.17, 15) is 4.79 Å². The summed E-state index contributed by atoms with van der Waals surface area (Å²) in [6.45, 7) is 10.4. The summed E-state index contributed by atoms with van der Waals surface area (Å²) in [5, 5.41) is 0. The van der Waals surface area contributed by atoms with Crippen LogP contribution < -0.4 is 0 Å². The molecule has 96 valence electrons. The monoisotopic (exact) mass is 232 g/mol. The maximum Gasteiger partial charge on any atom is 0.311 e. The Morgan fingerprint density at radius 1 is 1.12 bits per heavy atom. The third-order valence-electron chi connectivity index (χ3n) is 2.40. The molecule has 0 rings (SSSR count). The minimum atomic E-state index is -0.288. The molecule has 16 heavy (non-hydrogen) atoms. The van der Waals surface area contributed by atoms with Gasteiger partial charge in [0.2, 0.25) is 0 Å². The topological polar surface area (TPSA) is 44.8 Å². The molecule has 0 saturated heterocycles. The Morgan fingerprint density at radius 2 is 1.75 bits per heavy atom. The summed E-state index contributed by atoms with van der Waals surface area (Å²) in [6.07, 6.45) is 0.229. The molecule has 0 bridgehead atoms. The quantitative estimate of drug-likeness (QED) is 0.476. The predicted octanol–water partition coefficient (Wildman–Crippen LogP) is 2.36. The lowest BCUT2D eigenvalue weighted by molar-refractivity contribution is -0.179. The van der Waals surface area contributed by atoms with Crippen LogP contribution in [-0.4, -0.2) is 31.6 Å². The van der Waals surface area contributed by atoms with Gasteiger partial charge in [0.05, 0.1) is 18.6 Å². The van der Waals surface area contributed by atoms with Crippen LogP contribution in [0, 0.1) is 5.92 Å². The van der Waals surface area contributed by atoms with Gasteiger partial charge in [0.15, 0.2) is 6.29 Å². The van der Waals surface area contributed by atoms with Crippen molar-refractivity contribution < 1.29 is 19.0 Å². The van der Waals surface area contributed by atoms with Gasteiger partial charge >= 0.3 is 5.97 Å². The normalized spacial score (nSPS) is 16.6. The van der Waals surface area contributed by atoms with Gasteiger partial charge in [-0.15, -0.1) is 0 Å². The first kappa shape index (κ1) is 15.4. The number of carbonyl (C=O) groups is 1. The van der Waals surface area contributed by atoms with E-state index in [0.29, 0.717) is 19.6 Å². The van der Waals surface area contributed by atoms with E-state index >= 15 is 0 Å². The van der Waals surface area contributed by atoms with Crippen molar-refractivity contribution in [3.8, 4) is 0 Å². The Hall–Kier alpha value is -0.610. The first-order valence-corrected chi connectivity index (χ1v) is 6.00. The van der Waals surface area contributed by atoms with E-state index in [0.717, 1.165) is 0 Å². The van der Waals surface area contributed by atoms with Crippen molar-refractivity contribution in [3.05, 3.63) is 0 Å². The molecule has 0 aliphatic heterocycles. The minimum Gasteiger partial charge on any atom is -0.466 e. The van der Waals surface area contributed by atoms with Gasteiger partial charge < -0.3 is 14.2 Å². The van der Waals surface area contributed by atoms with Crippen LogP contribution in [0.4, 0.5) is 0 Å². The number of carbonyl (C=O) groups excluding carboxylic acids is 1. The molecule has 0 saturated carbocycles. The van der Waals surface area contributed by atoms with Crippen molar-refractivity contribution in [2.24, 2.45) is 5.92 Å². The molecule has 3 atom stereocenters. The summed E-state index contributed by atoms with van der Waals surface area (Å²) < 4.78 is 15.9. The Labute approximate surface area is 98.3 Å². The molecule has 0 amide bonds. The molecule has 0 aromatic carbocycles. The number of hydrogen-bond acceptors (Lipinski definition) is 4. The lowest BCUT2D eigenvalue weighted by Crippen LogP contribution is -2.32. The van der Waals surface area contributed by atoms with Gasteiger partial charge in [0.25, 0.3) is 0 Å². The van der Waals surface area contributed by atoms with Crippen LogP contribution in [-0.2, 0) is 19.0 Å². The number of rotatable bonds is 8. The minimum absolute atomic E-state index is 0.189. The molecule has 0 heterocycles. The fraction of sp³-hybridized carbons (Fsp3) is 0.917. The smallest absolute Gasteiger partial charge is 0.311 e. The van der Waals surface area contributed by atoms with Crippen molar-refractivity contribution >= 4 is 5.97 Å². The van der Waals surface area contributed by atoms with Crippen molar-refractivity contribution in [1.82, 2.24) is 0 Å². The first-order chi connectivity index (χ1) is 7.56. The lowest BCUT2D eigenvalue weighted by atomic mass is 10.0. The van der Waals surface area contributed by atoms with Gasteiger partial charge in [0.1, 0.15) is 0 Å². The summed E-state index contributed by atoms with van der Waals surface area (Å²) in [5.41, 5.74) is 0. The molecular formula is C12H24O4. The maximum atomic E-state index is 11.6. The summed E-state index contributed by atoms with van der Waals surface area (Å²) in [6, 6.07) is 0. The third-order valence-corrected chi connectivity index (χ3v) is 2.40. The molecule has 1 unspecified atom stereocenters. The van der Waals surface area contributed by atoms with E-state index in [1.54, 1.807) is 6.92 Å². The molecule has 0 spiro atoms. The van der Waals surface area contributed by atoms with Crippen LogP contribution in [0.25, 0.3) is 0 Å². The number of hydrogen-bond donors (Lipinski definition) is 0. The number of ether oxygens (including phenoxy) is 3. The van der Waals surface area contributed by atoms with Crippen molar-refractivity contribution in [3.63, 3.8) is 0 Å². The highest BCUT2D eigenvalue weighted by Crippen LogP contribution is 2.16. The average Bonchev–Trinajstić information content (AvgIpc) is 2.19. The Bertz CT molecular complexity index is 193. The van der Waals surface area contributed by atoms with Crippen LogP contribution in [0.2, 0.25) is 0 Å². The molecule has 0 aromatic rings. The third kappa shape index (κ3) is 5.47. The SMILES string of the molecule is CCOC(=O)[C@H](CC)[C@@H](C)OC(C)OCC. The standard InChI is InChI=1S/C12H24O4/c1-6-11(12(13)15-8-3)9(4)16-10(5)14-7-2/h9-11H,6-8H2,1-5H3/t9-,10?,11-/m1/s1. The zero-order valence-corrected chi connectivity index (χ0v) is 11.0. The molecule has 4 nitrogen and oxygen atoms in total. The van der Waals surface area contributed by atoms with Crippen LogP contribution >= 0.6 is 0 Å². The van der Waals surface area contributed by atoms with Crippen LogP contribution in [0.5, 0.6) is 0 Å². The van der Waals surface area contributed by atoms with E-state index in [2.05, 4.69) is 0 Å². The highest BCUT2D eigenvalue weighted by atomic mass is 16.7. The highest BCUT2D eigenvalue weighted by Gasteiger charge is 2.26. The molecule has 4 heteroatoms. The summed E-state index contributed by atoms with van der Waals surface area (Å²) in [5.74, 6) is -0.413. The van der Waals surface area contributed by atoms with Crippen LogP contribution in [0.1, 0.15) is 41.0 Å². The van der Waals surface area contributed by atoms with Gasteiger partial charge in [-0.1, -0.05) is 6.92 Å². The molecule has 0 aliphatic rings. The molecular weight excluding hydrogens is 208 g/mol. The molecule has 0 aliphatic carbocycles. The maximum absolute atomic E-state index is 11.6. The van der Waals surface area contributed by atoms with Gasteiger partial charge in [-0.05, 0) is 34.1 Å². The van der Waals surface area contributed by atoms with Crippen molar-refractivity contribution in [2.75, 3.05) is 13.2 Å². The zero-order valence-electron chi connectivity index (χ0n) is 11.0. The summed E-state index contributed by atoms with van der Waals surface area (Å²) in [7, 11) is 0. The summed E-state index contributed by atoms with van der Waals surface area (Å²) >= 11 is 0. The van der Waals surface area contributed by atoms with Crippen LogP contribution in [0.15, 0.2) is 0 Å². The molecule has 0 radical (unpaired) electrons. The van der Waals surface area contributed by atoms with Gasteiger partial charge in [-0.2, -0.15) is 0 Å². The van der Waals surface area contributed by atoms with Gasteiger partial charge in [-0.3, -0.25) is 4.79 Å². The Balaban J connectivity index is 4.19. The van der Waals surface area contributed by atoms with E-state index in [-0.39, 0.29) is 24.3 Å². The number of esters is 1. The van der Waals surface area contributed by atoms with Gasteiger partial charge in [-0.25, -0.2) is 0 Å². The lowest BCUT2D eigenvalue weighted by Gasteiger charge is -2.24. The first-order valence-electron chi connectivity index (χ1n) is 6.00. The molecule has 0 N–H and O–H groups in total. The van der Waals surface area contributed by atoms with Crippen molar-refractivity contribution in [1.29, 1.82) is 0 Å². The van der Waals surface area contributed by atoms with Crippen LogP contribution in [0.3, 0.4) is 0 Å². The van der Waals surface area contributed by atoms with E-state index in [4.69, 9.17) is 14.2 Å². The molecule has 0 fully saturated rings.